The first-order valence-electron chi connectivity index (χ1n) is 10.1. The van der Waals surface area contributed by atoms with Crippen molar-refractivity contribution in [1.29, 1.82) is 0 Å². The van der Waals surface area contributed by atoms with Gasteiger partial charge in [0.15, 0.2) is 5.65 Å². The minimum Gasteiger partial charge on any atom is -0.508 e. The van der Waals surface area contributed by atoms with Crippen molar-refractivity contribution in [2.24, 2.45) is 0 Å². The molecule has 5 aromatic rings. The zero-order valence-electron chi connectivity index (χ0n) is 16.8. The van der Waals surface area contributed by atoms with Crippen LogP contribution in [0.15, 0.2) is 91.1 Å². The molecule has 5 nitrogen and oxygen atoms in total. The van der Waals surface area contributed by atoms with E-state index < -0.39 is 0 Å². The largest absolute Gasteiger partial charge is 0.508 e. The second-order valence-corrected chi connectivity index (χ2v) is 7.52. The first-order valence-corrected chi connectivity index (χ1v) is 10.1. The SMILES string of the molecule is Oc1cccc(Cc2nc3c(Cc4ccccc4)nc(-c4ccccc4)cn3c2O)c1. The van der Waals surface area contributed by atoms with E-state index in [4.69, 9.17) is 9.97 Å². The monoisotopic (exact) mass is 407 g/mol. The Labute approximate surface area is 179 Å². The number of benzene rings is 3. The summed E-state index contributed by atoms with van der Waals surface area (Å²) < 4.78 is 1.71. The van der Waals surface area contributed by atoms with E-state index in [9.17, 15) is 10.2 Å². The van der Waals surface area contributed by atoms with Crippen LogP contribution in [-0.4, -0.2) is 24.6 Å². The number of phenols is 1. The highest BCUT2D eigenvalue weighted by molar-refractivity contribution is 5.63. The molecule has 3 aromatic carbocycles. The number of hydrogen-bond donors (Lipinski definition) is 2. The fourth-order valence-corrected chi connectivity index (χ4v) is 3.78. The molecule has 0 radical (unpaired) electrons. The average molecular weight is 407 g/mol. The topological polar surface area (TPSA) is 70.7 Å². The number of aromatic nitrogens is 3. The number of fused-ring (bicyclic) bond motifs is 1. The molecule has 0 spiro atoms. The fourth-order valence-electron chi connectivity index (χ4n) is 3.78. The summed E-state index contributed by atoms with van der Waals surface area (Å²) in [6.45, 7) is 0. The Bertz CT molecular complexity index is 1350. The van der Waals surface area contributed by atoms with Gasteiger partial charge in [0.1, 0.15) is 11.4 Å². The van der Waals surface area contributed by atoms with Crippen molar-refractivity contribution < 1.29 is 10.2 Å². The van der Waals surface area contributed by atoms with Gasteiger partial charge in [-0.15, -0.1) is 0 Å². The lowest BCUT2D eigenvalue weighted by Gasteiger charge is -2.08. The van der Waals surface area contributed by atoms with Gasteiger partial charge in [-0.25, -0.2) is 9.97 Å². The Morgan fingerprint density at radius 1 is 0.677 bits per heavy atom. The van der Waals surface area contributed by atoms with Gasteiger partial charge in [-0.3, -0.25) is 4.40 Å². The highest BCUT2D eigenvalue weighted by atomic mass is 16.3. The van der Waals surface area contributed by atoms with Crippen molar-refractivity contribution in [1.82, 2.24) is 14.4 Å². The summed E-state index contributed by atoms with van der Waals surface area (Å²) in [6, 6.07) is 27.0. The number of hydrogen-bond acceptors (Lipinski definition) is 4. The number of imidazole rings is 1. The molecule has 5 rings (SSSR count). The maximum absolute atomic E-state index is 11.0. The Hall–Kier alpha value is -4.12. The molecule has 2 N–H and O–H groups in total. The molecule has 0 saturated heterocycles. The highest BCUT2D eigenvalue weighted by Gasteiger charge is 2.18. The summed E-state index contributed by atoms with van der Waals surface area (Å²) in [5, 5.41) is 20.8. The minimum absolute atomic E-state index is 0.0900. The second-order valence-electron chi connectivity index (χ2n) is 7.52. The number of aromatic hydroxyl groups is 2. The Morgan fingerprint density at radius 2 is 1.35 bits per heavy atom. The summed E-state index contributed by atoms with van der Waals surface area (Å²) in [4.78, 5) is 9.64. The lowest BCUT2D eigenvalue weighted by Crippen LogP contribution is -2.00. The van der Waals surface area contributed by atoms with E-state index in [0.717, 1.165) is 28.1 Å². The van der Waals surface area contributed by atoms with Crippen LogP contribution in [0.25, 0.3) is 16.9 Å². The van der Waals surface area contributed by atoms with Crippen molar-refractivity contribution in [3.8, 4) is 22.9 Å². The van der Waals surface area contributed by atoms with Crippen LogP contribution >= 0.6 is 0 Å². The van der Waals surface area contributed by atoms with E-state index in [1.165, 1.54) is 0 Å². The molecule has 0 amide bonds. The average Bonchev–Trinajstić information content (AvgIpc) is 3.11. The highest BCUT2D eigenvalue weighted by Crippen LogP contribution is 2.28. The van der Waals surface area contributed by atoms with Crippen molar-refractivity contribution in [3.05, 3.63) is 114 Å². The maximum Gasteiger partial charge on any atom is 0.219 e. The molecule has 0 unspecified atom stereocenters. The van der Waals surface area contributed by atoms with Crippen LogP contribution < -0.4 is 0 Å². The van der Waals surface area contributed by atoms with Crippen LogP contribution in [-0.2, 0) is 12.8 Å². The van der Waals surface area contributed by atoms with Crippen LogP contribution in [0, 0.1) is 0 Å². The normalized spacial score (nSPS) is 11.1. The molecule has 2 heterocycles. The smallest absolute Gasteiger partial charge is 0.219 e. The van der Waals surface area contributed by atoms with Gasteiger partial charge >= 0.3 is 0 Å². The van der Waals surface area contributed by atoms with Crippen LogP contribution in [0.4, 0.5) is 0 Å². The third kappa shape index (κ3) is 3.85. The van der Waals surface area contributed by atoms with Crippen LogP contribution in [0.2, 0.25) is 0 Å². The van der Waals surface area contributed by atoms with E-state index in [-0.39, 0.29) is 11.6 Å². The molecular formula is C26H21N3O2. The molecule has 0 bridgehead atoms. The molecule has 0 aliphatic heterocycles. The molecule has 2 aromatic heterocycles. The predicted molar refractivity (Wildman–Crippen MR) is 120 cm³/mol. The summed E-state index contributed by atoms with van der Waals surface area (Å²) in [6.07, 6.45) is 2.84. The van der Waals surface area contributed by atoms with E-state index in [1.54, 1.807) is 22.6 Å². The fraction of sp³-hybridized carbons (Fsp3) is 0.0769. The predicted octanol–water partition coefficient (Wildman–Crippen LogP) is 4.99. The lowest BCUT2D eigenvalue weighted by molar-refractivity contribution is 0.442. The molecule has 0 aliphatic carbocycles. The Balaban J connectivity index is 1.65. The molecular weight excluding hydrogens is 386 g/mol. The Kier molecular flexibility index (Phi) is 4.84. The molecule has 31 heavy (non-hydrogen) atoms. The third-order valence-electron chi connectivity index (χ3n) is 5.29. The number of rotatable bonds is 5. The van der Waals surface area contributed by atoms with E-state index in [1.807, 2.05) is 60.8 Å². The summed E-state index contributed by atoms with van der Waals surface area (Å²) in [7, 11) is 0. The minimum atomic E-state index is 0.0900. The van der Waals surface area contributed by atoms with Crippen molar-refractivity contribution in [2.45, 2.75) is 12.8 Å². The van der Waals surface area contributed by atoms with E-state index >= 15 is 0 Å². The summed E-state index contributed by atoms with van der Waals surface area (Å²) in [5.41, 5.74) is 5.73. The molecule has 0 saturated carbocycles. The second kappa shape index (κ2) is 7.95. The van der Waals surface area contributed by atoms with E-state index in [0.29, 0.717) is 24.2 Å². The third-order valence-corrected chi connectivity index (χ3v) is 5.29. The van der Waals surface area contributed by atoms with Gasteiger partial charge < -0.3 is 10.2 Å². The zero-order chi connectivity index (χ0) is 21.2. The van der Waals surface area contributed by atoms with Crippen LogP contribution in [0.1, 0.15) is 22.5 Å². The zero-order valence-corrected chi connectivity index (χ0v) is 16.8. The first-order chi connectivity index (χ1) is 15.2. The van der Waals surface area contributed by atoms with Gasteiger partial charge in [-0.05, 0) is 23.3 Å². The maximum atomic E-state index is 11.0. The van der Waals surface area contributed by atoms with Gasteiger partial charge in [0.2, 0.25) is 5.88 Å². The van der Waals surface area contributed by atoms with Gasteiger partial charge in [-0.1, -0.05) is 72.8 Å². The van der Waals surface area contributed by atoms with Gasteiger partial charge in [0, 0.05) is 24.6 Å². The number of phenolic OH excluding ortho intramolecular Hbond substituents is 1. The number of nitrogens with zero attached hydrogens (tertiary/aromatic N) is 3. The van der Waals surface area contributed by atoms with Crippen LogP contribution in [0.5, 0.6) is 11.6 Å². The standard InChI is InChI=1S/C26H21N3O2/c30-21-13-7-10-19(14-21)16-23-26(31)29-17-24(20-11-5-2-6-12-20)27-22(25(29)28-23)15-18-8-3-1-4-9-18/h1-14,17,30-31H,15-16H2. The van der Waals surface area contributed by atoms with Gasteiger partial charge in [0.05, 0.1) is 11.4 Å². The van der Waals surface area contributed by atoms with Gasteiger partial charge in [0.25, 0.3) is 0 Å². The van der Waals surface area contributed by atoms with Gasteiger partial charge in [-0.2, -0.15) is 0 Å². The molecule has 152 valence electrons. The Morgan fingerprint density at radius 3 is 2.10 bits per heavy atom. The quantitative estimate of drug-likeness (QED) is 0.431. The molecule has 0 fully saturated rings. The summed E-state index contributed by atoms with van der Waals surface area (Å²) >= 11 is 0. The lowest BCUT2D eigenvalue weighted by atomic mass is 10.1. The van der Waals surface area contributed by atoms with Crippen molar-refractivity contribution in [2.75, 3.05) is 0 Å². The van der Waals surface area contributed by atoms with Crippen molar-refractivity contribution >= 4 is 5.65 Å². The molecule has 0 aliphatic rings. The van der Waals surface area contributed by atoms with Crippen LogP contribution in [0.3, 0.4) is 0 Å². The van der Waals surface area contributed by atoms with Crippen molar-refractivity contribution in [3.63, 3.8) is 0 Å². The van der Waals surface area contributed by atoms with E-state index in [2.05, 4.69) is 12.1 Å². The first kappa shape index (κ1) is 18.9. The molecule has 5 heteroatoms. The molecule has 0 atom stereocenters. The summed E-state index contributed by atoms with van der Waals surface area (Å²) in [5.74, 6) is 0.283.